The summed E-state index contributed by atoms with van der Waals surface area (Å²) in [7, 11) is 0. The predicted molar refractivity (Wildman–Crippen MR) is 71.0 cm³/mol. The van der Waals surface area contributed by atoms with Crippen molar-refractivity contribution in [3.8, 4) is 11.4 Å². The number of carbonyl (C=O) groups is 1. The molecule has 0 aliphatic carbocycles. The van der Waals surface area contributed by atoms with E-state index in [1.165, 1.54) is 6.20 Å². The van der Waals surface area contributed by atoms with Crippen LogP contribution in [0.25, 0.3) is 22.3 Å². The Bertz CT molecular complexity index is 777. The number of para-hydroxylation sites is 1. The molecule has 1 aromatic carbocycles. The van der Waals surface area contributed by atoms with E-state index in [1.54, 1.807) is 6.20 Å². The van der Waals surface area contributed by atoms with Crippen LogP contribution < -0.4 is 0 Å². The van der Waals surface area contributed by atoms with Gasteiger partial charge in [0.2, 0.25) is 0 Å². The number of fused-ring (bicyclic) bond motifs is 1. The average molecular weight is 253 g/mol. The van der Waals surface area contributed by atoms with Crippen molar-refractivity contribution < 1.29 is 9.90 Å². The van der Waals surface area contributed by atoms with Gasteiger partial charge in [-0.1, -0.05) is 18.2 Å². The van der Waals surface area contributed by atoms with Crippen molar-refractivity contribution in [2.45, 2.75) is 6.92 Å². The van der Waals surface area contributed by atoms with E-state index in [4.69, 9.17) is 5.11 Å². The predicted octanol–water partition coefficient (Wildman–Crippen LogP) is 2.63. The molecule has 94 valence electrons. The molecular weight excluding hydrogens is 242 g/mol. The molecule has 0 saturated carbocycles. The summed E-state index contributed by atoms with van der Waals surface area (Å²) in [4.78, 5) is 22.1. The lowest BCUT2D eigenvalue weighted by Crippen LogP contribution is -2.01. The Kier molecular flexibility index (Phi) is 2.52. The van der Waals surface area contributed by atoms with Gasteiger partial charge in [-0.2, -0.15) is 0 Å². The van der Waals surface area contributed by atoms with Crippen LogP contribution in [0.2, 0.25) is 0 Å². The fourth-order valence-electron chi connectivity index (χ4n) is 2.04. The number of carboxylic acids is 1. The van der Waals surface area contributed by atoms with Crippen molar-refractivity contribution in [3.05, 3.63) is 47.9 Å². The molecule has 5 heteroatoms. The number of aromatic nitrogens is 3. The summed E-state index contributed by atoms with van der Waals surface area (Å²) in [5.41, 5.74) is 3.38. The molecule has 0 aliphatic heterocycles. The smallest absolute Gasteiger partial charge is 0.356 e. The van der Waals surface area contributed by atoms with Crippen LogP contribution >= 0.6 is 0 Å². The third-order valence-corrected chi connectivity index (χ3v) is 2.99. The summed E-state index contributed by atoms with van der Waals surface area (Å²) in [5.74, 6) is -1.08. The number of nitrogens with zero attached hydrogens (tertiary/aromatic N) is 2. The van der Waals surface area contributed by atoms with Crippen molar-refractivity contribution in [2.75, 3.05) is 0 Å². The first-order chi connectivity index (χ1) is 9.15. The molecule has 0 saturated heterocycles. The topological polar surface area (TPSA) is 78.9 Å². The lowest BCUT2D eigenvalue weighted by Gasteiger charge is -1.98. The van der Waals surface area contributed by atoms with E-state index < -0.39 is 5.97 Å². The Morgan fingerprint density at radius 3 is 2.89 bits per heavy atom. The fourth-order valence-corrected chi connectivity index (χ4v) is 2.04. The zero-order valence-corrected chi connectivity index (χ0v) is 10.2. The van der Waals surface area contributed by atoms with E-state index in [2.05, 4.69) is 15.0 Å². The molecular formula is C14H11N3O2. The van der Waals surface area contributed by atoms with Crippen molar-refractivity contribution >= 4 is 16.9 Å². The summed E-state index contributed by atoms with van der Waals surface area (Å²) >= 11 is 0. The van der Waals surface area contributed by atoms with Gasteiger partial charge < -0.3 is 10.1 Å². The second-order valence-electron chi connectivity index (χ2n) is 4.32. The summed E-state index contributed by atoms with van der Waals surface area (Å²) in [6.45, 7) is 2.02. The molecule has 0 spiro atoms. The molecule has 3 aromatic rings. The fraction of sp³-hybridized carbons (Fsp3) is 0.0714. The van der Waals surface area contributed by atoms with Crippen LogP contribution in [0.3, 0.4) is 0 Å². The molecule has 0 bridgehead atoms. The minimum absolute atomic E-state index is 0.0621. The second kappa shape index (κ2) is 4.20. The number of H-pyrrole nitrogens is 1. The van der Waals surface area contributed by atoms with Gasteiger partial charge in [-0.25, -0.2) is 9.78 Å². The third kappa shape index (κ3) is 1.95. The first kappa shape index (κ1) is 11.4. The minimum atomic E-state index is -1.08. The number of nitrogens with one attached hydrogen (secondary N) is 1. The first-order valence-corrected chi connectivity index (χ1v) is 5.79. The van der Waals surface area contributed by atoms with Gasteiger partial charge in [0.1, 0.15) is 5.69 Å². The van der Waals surface area contributed by atoms with Crippen molar-refractivity contribution in [2.24, 2.45) is 0 Å². The Morgan fingerprint density at radius 1 is 1.32 bits per heavy atom. The molecule has 2 heterocycles. The van der Waals surface area contributed by atoms with Crippen LogP contribution in [-0.4, -0.2) is 26.0 Å². The van der Waals surface area contributed by atoms with Crippen LogP contribution in [-0.2, 0) is 0 Å². The number of aryl methyl sites for hydroxylation is 1. The van der Waals surface area contributed by atoms with E-state index in [-0.39, 0.29) is 5.69 Å². The zero-order valence-electron chi connectivity index (χ0n) is 10.2. The number of benzene rings is 1. The van der Waals surface area contributed by atoms with E-state index in [9.17, 15) is 4.79 Å². The molecule has 0 unspecified atom stereocenters. The minimum Gasteiger partial charge on any atom is -0.476 e. The van der Waals surface area contributed by atoms with Gasteiger partial charge in [-0.3, -0.25) is 4.98 Å². The molecule has 3 rings (SSSR count). The van der Waals surface area contributed by atoms with Gasteiger partial charge in [-0.15, -0.1) is 0 Å². The molecule has 0 radical (unpaired) electrons. The van der Waals surface area contributed by atoms with Crippen LogP contribution in [0.1, 0.15) is 16.1 Å². The number of hydrogen-bond donors (Lipinski definition) is 2. The number of hydrogen-bond acceptors (Lipinski definition) is 3. The second-order valence-corrected chi connectivity index (χ2v) is 4.32. The van der Waals surface area contributed by atoms with Gasteiger partial charge in [0.15, 0.2) is 5.69 Å². The number of aromatic carboxylic acids is 1. The summed E-state index contributed by atoms with van der Waals surface area (Å²) in [6, 6.07) is 7.94. The highest BCUT2D eigenvalue weighted by atomic mass is 16.4. The largest absolute Gasteiger partial charge is 0.476 e. The van der Waals surface area contributed by atoms with Gasteiger partial charge in [-0.05, 0) is 18.6 Å². The summed E-state index contributed by atoms with van der Waals surface area (Å²) in [6.07, 6.45) is 2.78. The maximum atomic E-state index is 10.9. The van der Waals surface area contributed by atoms with Crippen molar-refractivity contribution in [1.82, 2.24) is 15.0 Å². The standard InChI is InChI=1S/C14H11N3O2/c1-8-3-2-4-9-5-10(17-13(8)9)11-6-15-7-12(16-11)14(18)19/h2-7,17H,1H3,(H,18,19). The lowest BCUT2D eigenvalue weighted by atomic mass is 10.2. The van der Waals surface area contributed by atoms with Crippen LogP contribution in [0, 0.1) is 6.92 Å². The maximum Gasteiger partial charge on any atom is 0.356 e. The van der Waals surface area contributed by atoms with Gasteiger partial charge in [0.05, 0.1) is 18.1 Å². The highest BCUT2D eigenvalue weighted by molar-refractivity contribution is 5.88. The molecule has 19 heavy (non-hydrogen) atoms. The van der Waals surface area contributed by atoms with E-state index in [1.807, 2.05) is 31.2 Å². The Hall–Kier alpha value is -2.69. The Balaban J connectivity index is 2.16. The summed E-state index contributed by atoms with van der Waals surface area (Å²) < 4.78 is 0. The van der Waals surface area contributed by atoms with Crippen LogP contribution in [0.4, 0.5) is 0 Å². The first-order valence-electron chi connectivity index (χ1n) is 5.79. The molecule has 2 N–H and O–H groups in total. The quantitative estimate of drug-likeness (QED) is 0.735. The lowest BCUT2D eigenvalue weighted by molar-refractivity contribution is 0.0690. The normalized spacial score (nSPS) is 10.8. The maximum absolute atomic E-state index is 10.9. The molecule has 0 atom stereocenters. The number of rotatable bonds is 2. The molecule has 0 amide bonds. The number of aromatic amines is 1. The highest BCUT2D eigenvalue weighted by Crippen LogP contribution is 2.24. The van der Waals surface area contributed by atoms with Crippen LogP contribution in [0.5, 0.6) is 0 Å². The van der Waals surface area contributed by atoms with Crippen LogP contribution in [0.15, 0.2) is 36.7 Å². The SMILES string of the molecule is Cc1cccc2cc(-c3cncc(C(=O)O)n3)[nH]c12. The average Bonchev–Trinajstić information content (AvgIpc) is 2.84. The molecule has 5 nitrogen and oxygen atoms in total. The van der Waals surface area contributed by atoms with Gasteiger partial charge in [0.25, 0.3) is 0 Å². The number of carboxylic acid groups (broad SMARTS) is 1. The highest BCUT2D eigenvalue weighted by Gasteiger charge is 2.10. The molecule has 0 fully saturated rings. The van der Waals surface area contributed by atoms with E-state index in [0.717, 1.165) is 22.2 Å². The van der Waals surface area contributed by atoms with Crippen molar-refractivity contribution in [1.29, 1.82) is 0 Å². The molecule has 0 aliphatic rings. The Labute approximate surface area is 109 Å². The van der Waals surface area contributed by atoms with E-state index in [0.29, 0.717) is 5.69 Å². The van der Waals surface area contributed by atoms with E-state index >= 15 is 0 Å². The van der Waals surface area contributed by atoms with Crippen molar-refractivity contribution in [3.63, 3.8) is 0 Å². The Morgan fingerprint density at radius 2 is 2.16 bits per heavy atom. The van der Waals surface area contributed by atoms with Gasteiger partial charge in [0, 0.05) is 10.9 Å². The third-order valence-electron chi connectivity index (χ3n) is 2.99. The monoisotopic (exact) mass is 253 g/mol. The molecule has 2 aromatic heterocycles. The summed E-state index contributed by atoms with van der Waals surface area (Å²) in [5, 5.41) is 9.99. The zero-order chi connectivity index (χ0) is 13.4. The van der Waals surface area contributed by atoms with Gasteiger partial charge >= 0.3 is 5.97 Å².